The van der Waals surface area contributed by atoms with Crippen molar-refractivity contribution < 1.29 is 14.4 Å². The van der Waals surface area contributed by atoms with Crippen LogP contribution in [0.5, 0.6) is 0 Å². The van der Waals surface area contributed by atoms with Gasteiger partial charge < -0.3 is 22.5 Å². The molecule has 204 valence electrons. The van der Waals surface area contributed by atoms with Gasteiger partial charge in [-0.15, -0.1) is 0 Å². The van der Waals surface area contributed by atoms with E-state index in [1.807, 2.05) is 84.9 Å². The molecule has 0 aromatic heterocycles. The molecule has 0 aliphatic heterocycles. The third kappa shape index (κ3) is 6.74. The van der Waals surface area contributed by atoms with Crippen LogP contribution in [0.4, 0.5) is 11.4 Å². The maximum absolute atomic E-state index is 12.5. The molecule has 0 spiro atoms. The predicted molar refractivity (Wildman–Crippen MR) is 160 cm³/mol. The first-order chi connectivity index (χ1) is 19.4. The average Bonchev–Trinajstić information content (AvgIpc) is 2.98. The highest BCUT2D eigenvalue weighted by atomic mass is 16.2. The van der Waals surface area contributed by atoms with E-state index in [2.05, 4.69) is 5.32 Å². The van der Waals surface area contributed by atoms with Gasteiger partial charge in [0.05, 0.1) is 16.8 Å². The average molecular weight is 535 g/mol. The monoisotopic (exact) mass is 534 g/mol. The van der Waals surface area contributed by atoms with E-state index in [1.165, 1.54) is 6.42 Å². The Morgan fingerprint density at radius 3 is 1.62 bits per heavy atom. The van der Waals surface area contributed by atoms with Crippen LogP contribution in [-0.4, -0.2) is 17.7 Å². The van der Waals surface area contributed by atoms with Crippen molar-refractivity contribution in [3.05, 3.63) is 108 Å². The van der Waals surface area contributed by atoms with Gasteiger partial charge in [0.25, 0.3) is 11.8 Å². The van der Waals surface area contributed by atoms with E-state index in [0.717, 1.165) is 47.9 Å². The van der Waals surface area contributed by atoms with Crippen molar-refractivity contribution in [2.75, 3.05) is 11.1 Å². The molecule has 0 radical (unpaired) electrons. The van der Waals surface area contributed by atoms with Crippen molar-refractivity contribution in [2.24, 2.45) is 17.4 Å². The lowest BCUT2D eigenvalue weighted by Crippen LogP contribution is -2.26. The van der Waals surface area contributed by atoms with Crippen LogP contribution in [0, 0.1) is 5.92 Å². The van der Waals surface area contributed by atoms with Gasteiger partial charge in [-0.05, 0) is 47.2 Å². The largest absolute Gasteiger partial charge is 0.398 e. The molecular formula is C33H34N4O3. The minimum absolute atomic E-state index is 0.0117. The molecule has 3 amide bonds. The number of primary amides is 2. The van der Waals surface area contributed by atoms with Gasteiger partial charge in [0.1, 0.15) is 0 Å². The zero-order valence-corrected chi connectivity index (χ0v) is 22.3. The van der Waals surface area contributed by atoms with Gasteiger partial charge in [-0.3, -0.25) is 14.4 Å². The van der Waals surface area contributed by atoms with Crippen LogP contribution in [0.1, 0.15) is 52.8 Å². The second-order valence-electron chi connectivity index (χ2n) is 9.78. The Labute approximate surface area is 234 Å². The molecule has 1 aliphatic carbocycles. The van der Waals surface area contributed by atoms with Crippen LogP contribution in [0.3, 0.4) is 0 Å². The highest BCUT2D eigenvalue weighted by Crippen LogP contribution is 2.31. The predicted octanol–water partition coefficient (Wildman–Crippen LogP) is 6.01. The molecule has 0 heterocycles. The summed E-state index contributed by atoms with van der Waals surface area (Å²) >= 11 is 0. The van der Waals surface area contributed by atoms with Crippen LogP contribution in [-0.2, 0) is 4.79 Å². The Hall–Kier alpha value is -4.91. The third-order valence-corrected chi connectivity index (χ3v) is 7.06. The van der Waals surface area contributed by atoms with Gasteiger partial charge in [0, 0.05) is 11.6 Å². The number of hydrogen-bond acceptors (Lipinski definition) is 4. The number of nitrogens with two attached hydrogens (primary N) is 3. The smallest absolute Gasteiger partial charge is 0.251 e. The summed E-state index contributed by atoms with van der Waals surface area (Å²) < 4.78 is 0. The van der Waals surface area contributed by atoms with E-state index in [9.17, 15) is 14.4 Å². The summed E-state index contributed by atoms with van der Waals surface area (Å²) in [5.74, 6) is -1.02. The third-order valence-electron chi connectivity index (χ3n) is 7.06. The maximum Gasteiger partial charge on any atom is 0.251 e. The number of nitrogen functional groups attached to an aromatic ring is 1. The van der Waals surface area contributed by atoms with E-state index in [4.69, 9.17) is 17.2 Å². The first-order valence-electron chi connectivity index (χ1n) is 13.4. The van der Waals surface area contributed by atoms with E-state index in [0.29, 0.717) is 22.5 Å². The first kappa shape index (κ1) is 28.1. The SMILES string of the molecule is NC(=O)c1c(N)cccc1-c1ccccc1.NC(=O)c1c(NC(=O)C2CCCCC2)cccc1-c1ccccc1. The van der Waals surface area contributed by atoms with Gasteiger partial charge in [0.2, 0.25) is 5.91 Å². The molecule has 7 N–H and O–H groups in total. The maximum atomic E-state index is 12.5. The van der Waals surface area contributed by atoms with Gasteiger partial charge >= 0.3 is 0 Å². The number of carbonyl (C=O) groups is 3. The minimum atomic E-state index is -0.534. The summed E-state index contributed by atoms with van der Waals surface area (Å²) in [5, 5.41) is 2.93. The zero-order chi connectivity index (χ0) is 28.5. The Morgan fingerprint density at radius 2 is 1.10 bits per heavy atom. The van der Waals surface area contributed by atoms with Crippen LogP contribution in [0.2, 0.25) is 0 Å². The number of carbonyl (C=O) groups excluding carboxylic acids is 3. The zero-order valence-electron chi connectivity index (χ0n) is 22.3. The molecule has 0 unspecified atom stereocenters. The molecule has 40 heavy (non-hydrogen) atoms. The van der Waals surface area contributed by atoms with Crippen molar-refractivity contribution in [3.8, 4) is 22.3 Å². The molecule has 7 nitrogen and oxygen atoms in total. The minimum Gasteiger partial charge on any atom is -0.398 e. The van der Waals surface area contributed by atoms with E-state index in [1.54, 1.807) is 12.1 Å². The van der Waals surface area contributed by atoms with E-state index >= 15 is 0 Å². The highest BCUT2D eigenvalue weighted by Gasteiger charge is 2.23. The van der Waals surface area contributed by atoms with E-state index < -0.39 is 11.8 Å². The molecule has 0 atom stereocenters. The van der Waals surface area contributed by atoms with Gasteiger partial charge in [-0.1, -0.05) is 104 Å². The normalized spacial score (nSPS) is 13.0. The molecule has 7 heteroatoms. The molecular weight excluding hydrogens is 500 g/mol. The quantitative estimate of drug-likeness (QED) is 0.225. The van der Waals surface area contributed by atoms with Gasteiger partial charge in [-0.2, -0.15) is 0 Å². The van der Waals surface area contributed by atoms with Crippen LogP contribution >= 0.6 is 0 Å². The topological polar surface area (TPSA) is 141 Å². The van der Waals surface area contributed by atoms with Gasteiger partial charge in [-0.25, -0.2) is 0 Å². The molecule has 1 fully saturated rings. The van der Waals surface area contributed by atoms with Gasteiger partial charge in [0.15, 0.2) is 0 Å². The second-order valence-corrected chi connectivity index (χ2v) is 9.78. The summed E-state index contributed by atoms with van der Waals surface area (Å²) in [7, 11) is 0. The summed E-state index contributed by atoms with van der Waals surface area (Å²) in [6.45, 7) is 0. The van der Waals surface area contributed by atoms with Crippen molar-refractivity contribution in [1.82, 2.24) is 0 Å². The number of rotatable bonds is 6. The van der Waals surface area contributed by atoms with Crippen molar-refractivity contribution in [3.63, 3.8) is 0 Å². The van der Waals surface area contributed by atoms with E-state index in [-0.39, 0.29) is 11.8 Å². The summed E-state index contributed by atoms with van der Waals surface area (Å²) in [6, 6.07) is 29.9. The summed E-state index contributed by atoms with van der Waals surface area (Å²) in [5.41, 5.74) is 21.7. The molecule has 0 bridgehead atoms. The molecule has 1 aliphatic rings. The number of hydrogen-bond donors (Lipinski definition) is 4. The fraction of sp³-hybridized carbons (Fsp3) is 0.182. The molecule has 0 saturated heterocycles. The highest BCUT2D eigenvalue weighted by molar-refractivity contribution is 6.08. The molecule has 1 saturated carbocycles. The number of amides is 3. The second kappa shape index (κ2) is 13.2. The lowest BCUT2D eigenvalue weighted by Gasteiger charge is -2.22. The Bertz CT molecular complexity index is 1480. The first-order valence-corrected chi connectivity index (χ1v) is 13.4. The summed E-state index contributed by atoms with van der Waals surface area (Å²) in [6.07, 6.45) is 5.20. The van der Waals surface area contributed by atoms with Crippen LogP contribution in [0.15, 0.2) is 97.1 Å². The van der Waals surface area contributed by atoms with Crippen molar-refractivity contribution in [2.45, 2.75) is 32.1 Å². The lowest BCUT2D eigenvalue weighted by atomic mass is 9.88. The molecule has 4 aromatic carbocycles. The Morgan fingerprint density at radius 1 is 0.600 bits per heavy atom. The number of nitrogens with one attached hydrogen (secondary N) is 1. The molecule has 5 rings (SSSR count). The Kier molecular flexibility index (Phi) is 9.31. The van der Waals surface area contributed by atoms with Crippen molar-refractivity contribution >= 4 is 29.1 Å². The summed E-state index contributed by atoms with van der Waals surface area (Å²) in [4.78, 5) is 35.9. The number of anilines is 2. The van der Waals surface area contributed by atoms with Crippen LogP contribution < -0.4 is 22.5 Å². The van der Waals surface area contributed by atoms with Crippen LogP contribution in [0.25, 0.3) is 22.3 Å². The molecule has 4 aromatic rings. The Balaban J connectivity index is 0.000000201. The lowest BCUT2D eigenvalue weighted by molar-refractivity contribution is -0.120. The fourth-order valence-corrected chi connectivity index (χ4v) is 5.08. The standard InChI is InChI=1S/C20H22N2O2.C13H12N2O/c21-19(23)18-16(14-8-3-1-4-9-14)12-7-13-17(18)22-20(24)15-10-5-2-6-11-15;14-11-8-4-7-10(12(11)13(15)16)9-5-2-1-3-6-9/h1,3-4,7-9,12-13,15H,2,5-6,10-11H2,(H2,21,23)(H,22,24);1-8H,14H2,(H2,15,16). The number of benzene rings is 4. The fourth-order valence-electron chi connectivity index (χ4n) is 5.08. The van der Waals surface area contributed by atoms with Crippen molar-refractivity contribution in [1.29, 1.82) is 0 Å².